The second-order valence-electron chi connectivity index (χ2n) is 6.10. The number of nitrogens with zero attached hydrogens (tertiary/aromatic N) is 2. The van der Waals surface area contributed by atoms with E-state index in [0.29, 0.717) is 24.9 Å². The van der Waals surface area contributed by atoms with Crippen molar-refractivity contribution in [3.63, 3.8) is 0 Å². The van der Waals surface area contributed by atoms with Crippen molar-refractivity contribution in [2.75, 3.05) is 39.3 Å². The smallest absolute Gasteiger partial charge is 0.222 e. The Morgan fingerprint density at radius 3 is 2.10 bits per heavy atom. The van der Waals surface area contributed by atoms with Gasteiger partial charge in [-0.3, -0.25) is 4.79 Å². The van der Waals surface area contributed by atoms with E-state index in [1.807, 2.05) is 11.8 Å². The van der Waals surface area contributed by atoms with Crippen LogP contribution in [0.4, 0.5) is 0 Å². The number of carbonyl (C=O) groups is 1. The summed E-state index contributed by atoms with van der Waals surface area (Å²) in [6.45, 7) is 7.66. The van der Waals surface area contributed by atoms with E-state index in [9.17, 15) is 4.79 Å². The van der Waals surface area contributed by atoms with Crippen LogP contribution >= 0.6 is 0 Å². The number of hydrogen-bond donors (Lipinski definition) is 1. The minimum atomic E-state index is 0. The second-order valence-corrected chi connectivity index (χ2v) is 6.10. The fraction of sp³-hybridized carbons (Fsp3) is 0.933. The maximum Gasteiger partial charge on any atom is 0.222 e. The van der Waals surface area contributed by atoms with Crippen LogP contribution in [0.25, 0.3) is 0 Å². The second kappa shape index (κ2) is 9.50. The van der Waals surface area contributed by atoms with Crippen LogP contribution in [0, 0.1) is 11.8 Å². The fourth-order valence-corrected chi connectivity index (χ4v) is 3.31. The number of piperidine rings is 2. The van der Waals surface area contributed by atoms with Crippen molar-refractivity contribution in [1.29, 1.82) is 0 Å². The molecule has 0 saturated carbocycles. The van der Waals surface area contributed by atoms with Gasteiger partial charge in [-0.1, -0.05) is 6.92 Å². The van der Waals surface area contributed by atoms with Gasteiger partial charge in [0.05, 0.1) is 0 Å². The van der Waals surface area contributed by atoms with E-state index in [2.05, 4.69) is 4.90 Å². The van der Waals surface area contributed by atoms with E-state index >= 15 is 0 Å². The van der Waals surface area contributed by atoms with E-state index in [4.69, 9.17) is 5.11 Å². The third-order valence-electron chi connectivity index (χ3n) is 4.75. The normalized spacial score (nSPS) is 22.6. The van der Waals surface area contributed by atoms with Crippen LogP contribution in [0.2, 0.25) is 0 Å². The Labute approximate surface area is 148 Å². The summed E-state index contributed by atoms with van der Waals surface area (Å²) in [5.41, 5.74) is 0. The quantitative estimate of drug-likeness (QED) is 0.826. The Kier molecular flexibility index (Phi) is 8.81. The molecule has 0 aromatic rings. The average Bonchev–Trinajstić information content (AvgIpc) is 2.48. The Morgan fingerprint density at radius 2 is 1.60 bits per heavy atom. The summed E-state index contributed by atoms with van der Waals surface area (Å²) in [5.74, 6) is 1.59. The fourth-order valence-electron chi connectivity index (χ4n) is 3.31. The third-order valence-corrected chi connectivity index (χ3v) is 4.75. The predicted octanol–water partition coefficient (Wildman–Crippen LogP) is 1.34. The van der Waals surface area contributed by atoms with Gasteiger partial charge in [0, 0.05) is 65.4 Å². The largest absolute Gasteiger partial charge is 0.396 e. The van der Waals surface area contributed by atoms with Gasteiger partial charge in [-0.25, -0.2) is 0 Å². The summed E-state index contributed by atoms with van der Waals surface area (Å²) in [4.78, 5) is 16.2. The number of aliphatic hydroxyl groups excluding tert-OH is 1. The Balaban J connectivity index is 0.00000200. The molecular weight excluding hydrogens is 329 g/mol. The first-order valence-electron chi connectivity index (χ1n) is 7.84. The van der Waals surface area contributed by atoms with Gasteiger partial charge in [0.15, 0.2) is 0 Å². The molecule has 0 bridgehead atoms. The van der Waals surface area contributed by atoms with Crippen molar-refractivity contribution in [2.45, 2.75) is 39.0 Å². The van der Waals surface area contributed by atoms with Crippen LogP contribution in [0.1, 0.15) is 39.0 Å². The van der Waals surface area contributed by atoms with E-state index < -0.39 is 0 Å². The Morgan fingerprint density at radius 1 is 1.05 bits per heavy atom. The van der Waals surface area contributed by atoms with Crippen LogP contribution < -0.4 is 0 Å². The maximum absolute atomic E-state index is 11.6. The molecule has 113 valence electrons. The number of likely N-dealkylation sites (tertiary alicyclic amines) is 2. The zero-order valence-electron chi connectivity index (χ0n) is 12.8. The average molecular weight is 357 g/mol. The zero-order chi connectivity index (χ0) is 13.7. The molecule has 0 atom stereocenters. The van der Waals surface area contributed by atoms with Crippen molar-refractivity contribution >= 4 is 5.91 Å². The molecule has 2 aliphatic rings. The van der Waals surface area contributed by atoms with E-state index in [0.717, 1.165) is 57.8 Å². The van der Waals surface area contributed by atoms with Crippen LogP contribution in [-0.4, -0.2) is 60.1 Å². The van der Waals surface area contributed by atoms with Crippen molar-refractivity contribution in [1.82, 2.24) is 9.80 Å². The minimum Gasteiger partial charge on any atom is -0.396 e. The third kappa shape index (κ3) is 5.36. The van der Waals surface area contributed by atoms with Crippen molar-refractivity contribution in [3.05, 3.63) is 0 Å². The molecule has 2 fully saturated rings. The topological polar surface area (TPSA) is 43.8 Å². The number of carbonyl (C=O) groups excluding carboxylic acids is 1. The SMILES string of the molecule is CCC(=O)N1CCC(CN2CCC(CO)CC2)CC1.[Y]. The molecule has 20 heavy (non-hydrogen) atoms. The summed E-state index contributed by atoms with van der Waals surface area (Å²) in [5, 5.41) is 9.15. The summed E-state index contributed by atoms with van der Waals surface area (Å²) in [7, 11) is 0. The number of aliphatic hydroxyl groups is 1. The van der Waals surface area contributed by atoms with Gasteiger partial charge in [0.2, 0.25) is 5.91 Å². The molecule has 0 aromatic carbocycles. The van der Waals surface area contributed by atoms with Crippen molar-refractivity contribution in [3.8, 4) is 0 Å². The molecule has 5 heteroatoms. The summed E-state index contributed by atoms with van der Waals surface area (Å²) in [6, 6.07) is 0. The molecule has 1 amide bonds. The molecule has 2 rings (SSSR count). The molecule has 0 aromatic heterocycles. The molecule has 0 spiro atoms. The number of rotatable bonds is 4. The van der Waals surface area contributed by atoms with Gasteiger partial charge in [0.25, 0.3) is 0 Å². The molecule has 1 radical (unpaired) electrons. The summed E-state index contributed by atoms with van der Waals surface area (Å²) < 4.78 is 0. The van der Waals surface area contributed by atoms with Crippen LogP contribution in [0.15, 0.2) is 0 Å². The first kappa shape index (κ1) is 18.5. The van der Waals surface area contributed by atoms with E-state index in [1.165, 1.54) is 6.54 Å². The predicted molar refractivity (Wildman–Crippen MR) is 75.8 cm³/mol. The van der Waals surface area contributed by atoms with Gasteiger partial charge >= 0.3 is 0 Å². The maximum atomic E-state index is 11.6. The molecule has 0 aliphatic carbocycles. The number of hydrogen-bond acceptors (Lipinski definition) is 3. The first-order chi connectivity index (χ1) is 9.22. The van der Waals surface area contributed by atoms with Gasteiger partial charge in [0.1, 0.15) is 0 Å². The summed E-state index contributed by atoms with van der Waals surface area (Å²) >= 11 is 0. The van der Waals surface area contributed by atoms with E-state index in [-0.39, 0.29) is 32.7 Å². The molecule has 0 unspecified atom stereocenters. The molecule has 1 N–H and O–H groups in total. The van der Waals surface area contributed by atoms with Crippen LogP contribution in [0.5, 0.6) is 0 Å². The molecule has 2 saturated heterocycles. The monoisotopic (exact) mass is 357 g/mol. The molecular formula is C15H28N2O2Y. The van der Waals surface area contributed by atoms with Gasteiger partial charge < -0.3 is 14.9 Å². The van der Waals surface area contributed by atoms with Gasteiger partial charge in [-0.15, -0.1) is 0 Å². The van der Waals surface area contributed by atoms with E-state index in [1.54, 1.807) is 0 Å². The first-order valence-corrected chi connectivity index (χ1v) is 7.84. The molecule has 2 heterocycles. The van der Waals surface area contributed by atoms with Crippen LogP contribution in [-0.2, 0) is 37.5 Å². The summed E-state index contributed by atoms with van der Waals surface area (Å²) in [6.07, 6.45) is 5.24. The molecule has 4 nitrogen and oxygen atoms in total. The minimum absolute atomic E-state index is 0. The van der Waals surface area contributed by atoms with Crippen molar-refractivity contribution in [2.24, 2.45) is 11.8 Å². The zero-order valence-corrected chi connectivity index (χ0v) is 15.6. The molecule has 2 aliphatic heterocycles. The Bertz CT molecular complexity index is 286. The van der Waals surface area contributed by atoms with Crippen LogP contribution in [0.3, 0.4) is 0 Å². The van der Waals surface area contributed by atoms with Gasteiger partial charge in [-0.2, -0.15) is 0 Å². The number of amides is 1. The standard InChI is InChI=1S/C15H28N2O2.Y/c1-2-15(19)17-9-5-13(6-10-17)11-16-7-3-14(12-18)4-8-16;/h13-14,18H,2-12H2,1H3;. The Hall–Kier alpha value is 0.494. The van der Waals surface area contributed by atoms with Gasteiger partial charge in [-0.05, 0) is 50.6 Å². The van der Waals surface area contributed by atoms with Crippen molar-refractivity contribution < 1.29 is 42.6 Å².